The molecule has 0 aliphatic rings. The molecule has 1 unspecified atom stereocenters. The van der Waals surface area contributed by atoms with Crippen molar-refractivity contribution >= 4 is 43.2 Å². The van der Waals surface area contributed by atoms with Crippen LogP contribution in [-0.4, -0.2) is 7.05 Å². The van der Waals surface area contributed by atoms with Crippen molar-refractivity contribution in [1.82, 2.24) is 5.32 Å². The molecule has 1 atom stereocenters. The summed E-state index contributed by atoms with van der Waals surface area (Å²) in [5.41, 5.74) is 3.82. The van der Waals surface area contributed by atoms with Crippen LogP contribution >= 0.6 is 43.2 Å². The maximum absolute atomic E-state index is 3.63. The lowest BCUT2D eigenvalue weighted by Crippen LogP contribution is -2.18. The third-order valence-corrected chi connectivity index (χ3v) is 5.18. The molecular weight excluding hydrogens is 362 g/mol. The van der Waals surface area contributed by atoms with Crippen LogP contribution in [0.5, 0.6) is 0 Å². The normalized spacial score (nSPS) is 12.7. The van der Waals surface area contributed by atoms with Crippen molar-refractivity contribution in [3.63, 3.8) is 0 Å². The third-order valence-electron chi connectivity index (χ3n) is 2.70. The van der Waals surface area contributed by atoms with Gasteiger partial charge >= 0.3 is 0 Å². The Hall–Kier alpha value is -0.160. The Kier molecular flexibility index (Phi) is 4.42. The molecule has 0 radical (unpaired) electrons. The second-order valence-electron chi connectivity index (χ2n) is 3.92. The number of nitrogens with one attached hydrogen (secondary N) is 1. The van der Waals surface area contributed by atoms with Crippen LogP contribution in [-0.2, 0) is 0 Å². The molecule has 1 aromatic carbocycles. The van der Waals surface area contributed by atoms with Crippen molar-refractivity contribution in [1.29, 1.82) is 0 Å². The van der Waals surface area contributed by atoms with E-state index in [-0.39, 0.29) is 6.04 Å². The molecule has 0 amide bonds. The van der Waals surface area contributed by atoms with E-state index in [0.29, 0.717) is 0 Å². The molecule has 0 saturated heterocycles. The molecular formula is C13H13Br2NS. The standard InChI is InChI=1S/C13H13Br2NS/c1-8-3-4-11(14)9(5-8)13(16-2)10-6-17-7-12(10)15/h3-7,13,16H,1-2H3. The highest BCUT2D eigenvalue weighted by Crippen LogP contribution is 2.34. The van der Waals surface area contributed by atoms with Gasteiger partial charge in [0.25, 0.3) is 0 Å². The second kappa shape index (κ2) is 5.65. The van der Waals surface area contributed by atoms with E-state index in [0.717, 1.165) is 8.95 Å². The minimum absolute atomic E-state index is 0.213. The Balaban J connectivity index is 2.49. The van der Waals surface area contributed by atoms with E-state index in [2.05, 4.69) is 73.1 Å². The smallest absolute Gasteiger partial charge is 0.0605 e. The predicted molar refractivity (Wildman–Crippen MR) is 81.8 cm³/mol. The van der Waals surface area contributed by atoms with E-state index in [9.17, 15) is 0 Å². The Labute approximate surface area is 123 Å². The second-order valence-corrected chi connectivity index (χ2v) is 6.37. The Bertz CT molecular complexity index is 522. The summed E-state index contributed by atoms with van der Waals surface area (Å²) in [6.45, 7) is 2.12. The van der Waals surface area contributed by atoms with Gasteiger partial charge in [0.05, 0.1) is 6.04 Å². The molecule has 90 valence electrons. The summed E-state index contributed by atoms with van der Waals surface area (Å²) in [6.07, 6.45) is 0. The largest absolute Gasteiger partial charge is 0.309 e. The van der Waals surface area contributed by atoms with Crippen molar-refractivity contribution in [3.8, 4) is 0 Å². The molecule has 2 aromatic rings. The fraction of sp³-hybridized carbons (Fsp3) is 0.231. The summed E-state index contributed by atoms with van der Waals surface area (Å²) < 4.78 is 2.30. The molecule has 0 spiro atoms. The van der Waals surface area contributed by atoms with Crippen molar-refractivity contribution in [2.45, 2.75) is 13.0 Å². The van der Waals surface area contributed by atoms with Crippen LogP contribution in [0.3, 0.4) is 0 Å². The molecule has 0 saturated carbocycles. The highest BCUT2D eigenvalue weighted by atomic mass is 79.9. The summed E-state index contributed by atoms with van der Waals surface area (Å²) in [4.78, 5) is 0. The van der Waals surface area contributed by atoms with Crippen LogP contribution in [0, 0.1) is 6.92 Å². The fourth-order valence-corrected chi connectivity index (χ4v) is 3.89. The topological polar surface area (TPSA) is 12.0 Å². The molecule has 0 aliphatic heterocycles. The van der Waals surface area contributed by atoms with Crippen LogP contribution in [0.15, 0.2) is 37.9 Å². The van der Waals surface area contributed by atoms with Gasteiger partial charge in [-0.15, -0.1) is 0 Å². The molecule has 4 heteroatoms. The van der Waals surface area contributed by atoms with E-state index < -0.39 is 0 Å². The summed E-state index contributed by atoms with van der Waals surface area (Å²) in [7, 11) is 1.99. The van der Waals surface area contributed by atoms with Gasteiger partial charge in [-0.1, -0.05) is 33.6 Å². The van der Waals surface area contributed by atoms with Crippen LogP contribution in [0.4, 0.5) is 0 Å². The van der Waals surface area contributed by atoms with Crippen LogP contribution in [0.2, 0.25) is 0 Å². The average Bonchev–Trinajstić information content (AvgIpc) is 2.71. The molecule has 2 rings (SSSR count). The molecule has 1 aromatic heterocycles. The highest BCUT2D eigenvalue weighted by Gasteiger charge is 2.18. The summed E-state index contributed by atoms with van der Waals surface area (Å²) in [5, 5.41) is 7.67. The fourth-order valence-electron chi connectivity index (χ4n) is 1.86. The Morgan fingerprint density at radius 1 is 1.12 bits per heavy atom. The van der Waals surface area contributed by atoms with E-state index in [1.165, 1.54) is 16.7 Å². The monoisotopic (exact) mass is 373 g/mol. The van der Waals surface area contributed by atoms with Gasteiger partial charge in [-0.3, -0.25) is 0 Å². The molecule has 0 bridgehead atoms. The SMILES string of the molecule is CNC(c1cscc1Br)c1cc(C)ccc1Br. The molecule has 1 nitrogen and oxygen atoms in total. The van der Waals surface area contributed by atoms with Crippen LogP contribution in [0.25, 0.3) is 0 Å². The van der Waals surface area contributed by atoms with E-state index in [1.54, 1.807) is 11.3 Å². The maximum atomic E-state index is 3.63. The van der Waals surface area contributed by atoms with E-state index >= 15 is 0 Å². The molecule has 0 aliphatic carbocycles. The highest BCUT2D eigenvalue weighted by molar-refractivity contribution is 9.10. The van der Waals surface area contributed by atoms with Crippen molar-refractivity contribution in [2.24, 2.45) is 0 Å². The third kappa shape index (κ3) is 2.81. The number of hydrogen-bond donors (Lipinski definition) is 1. The van der Waals surface area contributed by atoms with Crippen LogP contribution in [0.1, 0.15) is 22.7 Å². The van der Waals surface area contributed by atoms with Crippen LogP contribution < -0.4 is 5.32 Å². The van der Waals surface area contributed by atoms with Gasteiger partial charge in [-0.05, 0) is 52.5 Å². The summed E-state index contributed by atoms with van der Waals surface area (Å²) in [6, 6.07) is 6.65. The number of rotatable bonds is 3. The first kappa shape index (κ1) is 13.3. The van der Waals surface area contributed by atoms with Crippen molar-refractivity contribution < 1.29 is 0 Å². The van der Waals surface area contributed by atoms with Gasteiger partial charge in [0.2, 0.25) is 0 Å². The zero-order valence-electron chi connectivity index (χ0n) is 9.63. The summed E-state index contributed by atoms with van der Waals surface area (Å²) in [5.74, 6) is 0. The Morgan fingerprint density at radius 3 is 2.47 bits per heavy atom. The minimum Gasteiger partial charge on any atom is -0.309 e. The molecule has 1 N–H and O–H groups in total. The van der Waals surface area contributed by atoms with Crippen molar-refractivity contribution in [2.75, 3.05) is 7.05 Å². The van der Waals surface area contributed by atoms with Gasteiger partial charge in [-0.25, -0.2) is 0 Å². The average molecular weight is 375 g/mol. The first-order chi connectivity index (χ1) is 8.13. The van der Waals surface area contributed by atoms with Gasteiger partial charge in [0.1, 0.15) is 0 Å². The molecule has 17 heavy (non-hydrogen) atoms. The number of hydrogen-bond acceptors (Lipinski definition) is 2. The summed E-state index contributed by atoms with van der Waals surface area (Å²) >= 11 is 8.95. The lowest BCUT2D eigenvalue weighted by atomic mass is 10.00. The first-order valence-corrected chi connectivity index (χ1v) is 7.81. The first-order valence-electron chi connectivity index (χ1n) is 5.28. The lowest BCUT2D eigenvalue weighted by molar-refractivity contribution is 0.688. The lowest BCUT2D eigenvalue weighted by Gasteiger charge is -2.18. The minimum atomic E-state index is 0.213. The van der Waals surface area contributed by atoms with Crippen molar-refractivity contribution in [3.05, 3.63) is 54.6 Å². The van der Waals surface area contributed by atoms with Gasteiger partial charge in [0, 0.05) is 14.3 Å². The van der Waals surface area contributed by atoms with E-state index in [1.807, 2.05) is 7.05 Å². The van der Waals surface area contributed by atoms with Gasteiger partial charge in [-0.2, -0.15) is 11.3 Å². The number of halogens is 2. The number of thiophene rings is 1. The number of aryl methyl sites for hydroxylation is 1. The predicted octanol–water partition coefficient (Wildman–Crippen LogP) is 4.89. The zero-order chi connectivity index (χ0) is 12.4. The quantitative estimate of drug-likeness (QED) is 0.806. The van der Waals surface area contributed by atoms with Gasteiger partial charge in [0.15, 0.2) is 0 Å². The number of benzene rings is 1. The maximum Gasteiger partial charge on any atom is 0.0605 e. The zero-order valence-corrected chi connectivity index (χ0v) is 13.6. The van der Waals surface area contributed by atoms with E-state index in [4.69, 9.17) is 0 Å². The molecule has 0 fully saturated rings. The molecule has 1 heterocycles. The van der Waals surface area contributed by atoms with Gasteiger partial charge < -0.3 is 5.32 Å². The Morgan fingerprint density at radius 2 is 1.88 bits per heavy atom.